The van der Waals surface area contributed by atoms with Crippen LogP contribution in [-0.2, 0) is 23.8 Å². The highest BCUT2D eigenvalue weighted by Gasteiger charge is 2.80. The number of esters is 2. The molecule has 0 bridgehead atoms. The number of aliphatic hydroxyl groups excluding tert-OH is 3. The molecule has 0 radical (unpaired) electrons. The third-order valence-corrected chi connectivity index (χ3v) is 5.10. The fourth-order valence-electron chi connectivity index (χ4n) is 4.00. The highest BCUT2D eigenvalue weighted by atomic mass is 16.7. The molecule has 2 heterocycles. The summed E-state index contributed by atoms with van der Waals surface area (Å²) in [6.07, 6.45) is -3.60. The molecule has 9 heteroatoms. The Bertz CT molecular complexity index is 508. The van der Waals surface area contributed by atoms with Gasteiger partial charge in [-0.2, -0.15) is 0 Å². The zero-order valence-corrected chi connectivity index (χ0v) is 11.8. The summed E-state index contributed by atoms with van der Waals surface area (Å²) in [7, 11) is 0. The zero-order valence-electron chi connectivity index (χ0n) is 11.8. The molecule has 0 aromatic carbocycles. The minimum absolute atomic E-state index is 0.0105. The Morgan fingerprint density at radius 2 is 2.14 bits per heavy atom. The molecule has 4 unspecified atom stereocenters. The van der Waals surface area contributed by atoms with Gasteiger partial charge in [0.2, 0.25) is 6.29 Å². The van der Waals surface area contributed by atoms with Crippen molar-refractivity contribution >= 4 is 11.9 Å². The normalized spacial score (nSPS) is 49.7. The fraction of sp³-hybridized carbons (Fsp3) is 0.846. The van der Waals surface area contributed by atoms with Gasteiger partial charge in [0.25, 0.3) is 0 Å². The summed E-state index contributed by atoms with van der Waals surface area (Å²) < 4.78 is 15.4. The first-order valence-corrected chi connectivity index (χ1v) is 7.01. The van der Waals surface area contributed by atoms with Gasteiger partial charge in [0.1, 0.15) is 17.8 Å². The predicted molar refractivity (Wildman–Crippen MR) is 66.0 cm³/mol. The first kappa shape index (κ1) is 15.6. The van der Waals surface area contributed by atoms with Crippen molar-refractivity contribution in [1.29, 1.82) is 0 Å². The monoisotopic (exact) mass is 318 g/mol. The largest absolute Gasteiger partial charge is 0.456 e. The molecule has 3 rings (SSSR count). The molecule has 2 aliphatic heterocycles. The number of carbonyl (C=O) groups is 2. The molecule has 2 saturated heterocycles. The van der Waals surface area contributed by atoms with Crippen LogP contribution in [0.25, 0.3) is 0 Å². The average Bonchev–Trinajstić information content (AvgIpc) is 3.03. The maximum Gasteiger partial charge on any atom is 0.334 e. The van der Waals surface area contributed by atoms with E-state index in [1.54, 1.807) is 0 Å². The minimum atomic E-state index is -1.93. The van der Waals surface area contributed by atoms with Crippen LogP contribution in [0.15, 0.2) is 0 Å². The van der Waals surface area contributed by atoms with Gasteiger partial charge in [-0.05, 0) is 6.92 Å². The summed E-state index contributed by atoms with van der Waals surface area (Å²) in [6, 6.07) is 0. The van der Waals surface area contributed by atoms with Crippen LogP contribution < -0.4 is 0 Å². The molecule has 1 saturated carbocycles. The topological polar surface area (TPSA) is 143 Å². The van der Waals surface area contributed by atoms with Gasteiger partial charge < -0.3 is 34.6 Å². The van der Waals surface area contributed by atoms with E-state index >= 15 is 0 Å². The molecule has 0 aromatic rings. The first-order chi connectivity index (χ1) is 10.3. The van der Waals surface area contributed by atoms with Crippen molar-refractivity contribution in [3.8, 4) is 0 Å². The van der Waals surface area contributed by atoms with Crippen molar-refractivity contribution in [2.75, 3.05) is 13.2 Å². The molecular formula is C13H18O9. The second kappa shape index (κ2) is 4.87. The second-order valence-electron chi connectivity index (χ2n) is 5.98. The van der Waals surface area contributed by atoms with Crippen LogP contribution >= 0.6 is 0 Å². The van der Waals surface area contributed by atoms with Gasteiger partial charge in [0.15, 0.2) is 6.10 Å². The van der Waals surface area contributed by atoms with E-state index in [4.69, 9.17) is 19.3 Å². The molecule has 3 aliphatic rings. The van der Waals surface area contributed by atoms with E-state index in [1.807, 2.05) is 0 Å². The fourth-order valence-corrected chi connectivity index (χ4v) is 4.00. The highest BCUT2D eigenvalue weighted by molar-refractivity contribution is 5.78. The number of ether oxygens (including phenoxy) is 3. The zero-order chi connectivity index (χ0) is 16.3. The second-order valence-corrected chi connectivity index (χ2v) is 5.98. The maximum absolute atomic E-state index is 11.7. The Morgan fingerprint density at radius 1 is 1.45 bits per heavy atom. The number of fused-ring (bicyclic) bond motifs is 3. The maximum atomic E-state index is 11.7. The average molecular weight is 318 g/mol. The molecule has 0 amide bonds. The molecule has 22 heavy (non-hydrogen) atoms. The van der Waals surface area contributed by atoms with Crippen molar-refractivity contribution in [1.82, 2.24) is 0 Å². The SMILES string of the molecule is C[C@@H]1C(=O)OC2[C@H](O)C3CC(OC(=O)CO)OC3(CO)[C@]21O. The van der Waals surface area contributed by atoms with Crippen molar-refractivity contribution in [3.05, 3.63) is 0 Å². The smallest absolute Gasteiger partial charge is 0.334 e. The number of carbonyl (C=O) groups excluding carboxylic acids is 2. The van der Waals surface area contributed by atoms with E-state index in [-0.39, 0.29) is 6.42 Å². The number of hydrogen-bond acceptors (Lipinski definition) is 9. The minimum Gasteiger partial charge on any atom is -0.456 e. The lowest BCUT2D eigenvalue weighted by atomic mass is 9.75. The first-order valence-electron chi connectivity index (χ1n) is 7.01. The van der Waals surface area contributed by atoms with E-state index in [9.17, 15) is 24.9 Å². The molecule has 124 valence electrons. The van der Waals surface area contributed by atoms with Crippen molar-refractivity contribution in [2.45, 2.75) is 43.0 Å². The number of rotatable bonds is 3. The summed E-state index contributed by atoms with van der Waals surface area (Å²) in [5.74, 6) is -3.42. The number of aliphatic hydroxyl groups is 4. The Labute approximate surface area is 125 Å². The molecule has 9 nitrogen and oxygen atoms in total. The lowest BCUT2D eigenvalue weighted by Crippen LogP contribution is -2.61. The lowest BCUT2D eigenvalue weighted by molar-refractivity contribution is -0.248. The summed E-state index contributed by atoms with van der Waals surface area (Å²) in [6.45, 7) is -0.106. The Kier molecular flexibility index (Phi) is 3.46. The van der Waals surface area contributed by atoms with Gasteiger partial charge in [-0.3, -0.25) is 4.79 Å². The van der Waals surface area contributed by atoms with Crippen molar-refractivity contribution in [2.24, 2.45) is 11.8 Å². The third-order valence-electron chi connectivity index (χ3n) is 5.10. The lowest BCUT2D eigenvalue weighted by Gasteiger charge is -2.40. The van der Waals surface area contributed by atoms with Crippen molar-refractivity contribution in [3.63, 3.8) is 0 Å². The van der Waals surface area contributed by atoms with Gasteiger partial charge in [-0.15, -0.1) is 0 Å². The predicted octanol–water partition coefficient (Wildman–Crippen LogP) is -2.72. The van der Waals surface area contributed by atoms with Crippen molar-refractivity contribution < 1.29 is 44.2 Å². The molecule has 7 atom stereocenters. The van der Waals surface area contributed by atoms with E-state index < -0.39 is 66.7 Å². The third kappa shape index (κ3) is 1.65. The summed E-state index contributed by atoms with van der Waals surface area (Å²) in [5, 5.41) is 39.9. The van der Waals surface area contributed by atoms with Gasteiger partial charge in [-0.25, -0.2) is 4.79 Å². The van der Waals surface area contributed by atoms with Crippen LogP contribution in [0.5, 0.6) is 0 Å². The van der Waals surface area contributed by atoms with Crippen LogP contribution in [0.3, 0.4) is 0 Å². The molecular weight excluding hydrogens is 300 g/mol. The Hall–Kier alpha value is -1.26. The van der Waals surface area contributed by atoms with E-state index in [2.05, 4.69) is 0 Å². The standard InChI is InChI=1S/C13H18O9/c1-5-11(18)21-10-9(17)6-2-8(20-7(16)3-14)22-12(6,4-15)13(5,10)19/h5-6,8-10,14-15,17,19H,2-4H2,1H3/t5-,6?,8?,9-,10?,12?,13-/m1/s1. The molecule has 1 aliphatic carbocycles. The van der Waals surface area contributed by atoms with Gasteiger partial charge in [0.05, 0.1) is 18.6 Å². The molecule has 0 spiro atoms. The van der Waals surface area contributed by atoms with Crippen LogP contribution in [0.1, 0.15) is 13.3 Å². The quantitative estimate of drug-likeness (QED) is 0.408. The summed E-state index contributed by atoms with van der Waals surface area (Å²) in [5.41, 5.74) is -3.60. The molecule has 4 N–H and O–H groups in total. The molecule has 3 fully saturated rings. The van der Waals surface area contributed by atoms with Crippen LogP contribution in [-0.4, -0.2) is 75.3 Å². The highest BCUT2D eigenvalue weighted by Crippen LogP contribution is 2.59. The van der Waals surface area contributed by atoms with Gasteiger partial charge >= 0.3 is 11.9 Å². The van der Waals surface area contributed by atoms with E-state index in [0.29, 0.717) is 0 Å². The van der Waals surface area contributed by atoms with E-state index in [1.165, 1.54) is 6.92 Å². The Morgan fingerprint density at radius 3 is 2.73 bits per heavy atom. The van der Waals surface area contributed by atoms with E-state index in [0.717, 1.165) is 0 Å². The van der Waals surface area contributed by atoms with Gasteiger partial charge in [0, 0.05) is 12.3 Å². The number of hydrogen-bond donors (Lipinski definition) is 4. The van der Waals surface area contributed by atoms with Crippen LogP contribution in [0.2, 0.25) is 0 Å². The molecule has 0 aromatic heterocycles. The van der Waals surface area contributed by atoms with Crippen LogP contribution in [0.4, 0.5) is 0 Å². The van der Waals surface area contributed by atoms with Crippen LogP contribution in [0, 0.1) is 11.8 Å². The summed E-state index contributed by atoms with van der Waals surface area (Å²) >= 11 is 0. The summed E-state index contributed by atoms with van der Waals surface area (Å²) in [4.78, 5) is 22.9. The Balaban J connectivity index is 1.95. The van der Waals surface area contributed by atoms with Gasteiger partial charge in [-0.1, -0.05) is 0 Å².